The van der Waals surface area contributed by atoms with E-state index in [1.165, 1.54) is 12.1 Å². The van der Waals surface area contributed by atoms with Crippen LogP contribution in [0.25, 0.3) is 0 Å². The molecule has 0 saturated carbocycles. The van der Waals surface area contributed by atoms with Crippen LogP contribution in [0.15, 0.2) is 29.3 Å². The van der Waals surface area contributed by atoms with Crippen LogP contribution in [-0.2, 0) is 17.4 Å². The van der Waals surface area contributed by atoms with Crippen molar-refractivity contribution in [2.75, 3.05) is 11.1 Å². The second-order valence-electron chi connectivity index (χ2n) is 5.94. The minimum atomic E-state index is -4.78. The molecule has 0 bridgehead atoms. The van der Waals surface area contributed by atoms with E-state index in [1.807, 2.05) is 0 Å². The fraction of sp³-hybridized carbons (Fsp3) is 0.235. The number of hydrogen-bond donors (Lipinski definition) is 2. The van der Waals surface area contributed by atoms with Crippen LogP contribution in [0.3, 0.4) is 0 Å². The molecule has 0 saturated heterocycles. The Bertz CT molecular complexity index is 953. The van der Waals surface area contributed by atoms with Gasteiger partial charge in [-0.1, -0.05) is 0 Å². The van der Waals surface area contributed by atoms with Crippen LogP contribution in [0.5, 0.6) is 0 Å². The van der Waals surface area contributed by atoms with Crippen LogP contribution >= 0.6 is 0 Å². The minimum Gasteiger partial charge on any atom is -0.397 e. The van der Waals surface area contributed by atoms with E-state index in [1.54, 1.807) is 6.92 Å². The molecule has 1 amide bonds. The van der Waals surface area contributed by atoms with Gasteiger partial charge in [-0.15, -0.1) is 0 Å². The Morgan fingerprint density at radius 1 is 1.30 bits per heavy atom. The number of halogens is 5. The number of carbonyl (C=O) groups is 1. The number of hydrogen-bond acceptors (Lipinski definition) is 4. The second-order valence-corrected chi connectivity index (χ2v) is 5.94. The van der Waals surface area contributed by atoms with Gasteiger partial charge in [0, 0.05) is 11.3 Å². The van der Waals surface area contributed by atoms with Crippen LogP contribution in [0.2, 0.25) is 0 Å². The van der Waals surface area contributed by atoms with Gasteiger partial charge in [-0.2, -0.15) is 22.0 Å². The number of anilines is 2. The Hall–Kier alpha value is -3.04. The van der Waals surface area contributed by atoms with Gasteiger partial charge in [0.15, 0.2) is 0 Å². The molecule has 0 unspecified atom stereocenters. The molecule has 1 aliphatic heterocycles. The smallest absolute Gasteiger partial charge is 0.397 e. The summed E-state index contributed by atoms with van der Waals surface area (Å²) < 4.78 is 65.0. The van der Waals surface area contributed by atoms with Gasteiger partial charge >= 0.3 is 12.7 Å². The Morgan fingerprint density at radius 2 is 2.00 bits per heavy atom. The number of rotatable bonds is 3. The van der Waals surface area contributed by atoms with E-state index < -0.39 is 29.8 Å². The number of aryl methyl sites for hydroxylation is 1. The molecule has 0 aliphatic carbocycles. The number of fused-ring (bicyclic) bond motifs is 1. The Labute approximate surface area is 150 Å². The average Bonchev–Trinajstić information content (AvgIpc) is 2.93. The van der Waals surface area contributed by atoms with Crippen molar-refractivity contribution in [3.63, 3.8) is 0 Å². The summed E-state index contributed by atoms with van der Waals surface area (Å²) >= 11 is 0. The molecule has 27 heavy (non-hydrogen) atoms. The van der Waals surface area contributed by atoms with Gasteiger partial charge in [-0.3, -0.25) is 4.79 Å². The molecule has 1 aromatic carbocycles. The number of nitrogen functional groups attached to an aromatic ring is 1. The van der Waals surface area contributed by atoms with Crippen molar-refractivity contribution in [1.29, 1.82) is 0 Å². The fourth-order valence-electron chi connectivity index (χ4n) is 2.86. The molecule has 0 radical (unpaired) electrons. The number of nitrogens with two attached hydrogens (primary N) is 1. The molecule has 1 aromatic heterocycles. The second kappa shape index (κ2) is 6.60. The van der Waals surface area contributed by atoms with E-state index in [0.29, 0.717) is 22.9 Å². The molecular weight excluding hydrogens is 371 g/mol. The summed E-state index contributed by atoms with van der Waals surface area (Å²) in [6, 6.07) is 4.46. The number of aromatic nitrogens is 1. The number of benzene rings is 1. The first-order valence-electron chi connectivity index (χ1n) is 7.70. The molecule has 2 heterocycles. The molecule has 2 aromatic rings. The zero-order valence-electron chi connectivity index (χ0n) is 13.9. The van der Waals surface area contributed by atoms with Crippen molar-refractivity contribution in [3.05, 3.63) is 52.3 Å². The van der Waals surface area contributed by atoms with Gasteiger partial charge in [-0.05, 0) is 42.3 Å². The van der Waals surface area contributed by atoms with Crippen LogP contribution < -0.4 is 11.1 Å². The summed E-state index contributed by atoms with van der Waals surface area (Å²) in [5.74, 6) is -0.269. The minimum absolute atomic E-state index is 0.0253. The molecule has 1 aliphatic rings. The highest BCUT2D eigenvalue weighted by Crippen LogP contribution is 2.32. The average molecular weight is 384 g/mol. The zero-order valence-corrected chi connectivity index (χ0v) is 13.9. The third-order valence-electron chi connectivity index (χ3n) is 3.97. The number of aliphatic imine (C=N–C) groups is 1. The topological polar surface area (TPSA) is 80.4 Å². The van der Waals surface area contributed by atoms with Gasteiger partial charge in [0.1, 0.15) is 11.4 Å². The van der Waals surface area contributed by atoms with Crippen LogP contribution in [0.4, 0.5) is 33.3 Å². The normalized spacial score (nSPS) is 14.5. The van der Waals surface area contributed by atoms with Crippen molar-refractivity contribution in [2.24, 2.45) is 4.99 Å². The van der Waals surface area contributed by atoms with E-state index in [0.717, 1.165) is 6.07 Å². The highest BCUT2D eigenvalue weighted by Gasteiger charge is 2.34. The van der Waals surface area contributed by atoms with Crippen molar-refractivity contribution < 1.29 is 26.7 Å². The van der Waals surface area contributed by atoms with Crippen LogP contribution in [0, 0.1) is 6.92 Å². The predicted molar refractivity (Wildman–Crippen MR) is 88.8 cm³/mol. The van der Waals surface area contributed by atoms with Crippen LogP contribution in [0.1, 0.15) is 28.1 Å². The van der Waals surface area contributed by atoms with E-state index in [9.17, 15) is 26.7 Å². The molecule has 3 rings (SSSR count). The molecular formula is C17H13F5N4O. The lowest BCUT2D eigenvalue weighted by molar-refractivity contribution is -0.141. The van der Waals surface area contributed by atoms with Gasteiger partial charge in [-0.25, -0.2) is 9.98 Å². The predicted octanol–water partition coefficient (Wildman–Crippen LogP) is 3.55. The van der Waals surface area contributed by atoms with Gasteiger partial charge < -0.3 is 11.1 Å². The Kier molecular flexibility index (Phi) is 4.58. The molecule has 0 fully saturated rings. The number of amides is 1. The highest BCUT2D eigenvalue weighted by atomic mass is 19.4. The SMILES string of the molecule is Cc1cc(C(=NC(F)F)c2nc(C(F)(F)F)ccc2N)cc2c1NC(=O)C2. The van der Waals surface area contributed by atoms with Gasteiger partial charge in [0.05, 0.1) is 17.8 Å². The van der Waals surface area contributed by atoms with Gasteiger partial charge in [0.2, 0.25) is 5.91 Å². The monoisotopic (exact) mass is 384 g/mol. The first-order chi connectivity index (χ1) is 12.6. The van der Waals surface area contributed by atoms with E-state index >= 15 is 0 Å². The number of carbonyl (C=O) groups excluding carboxylic acids is 1. The highest BCUT2D eigenvalue weighted by molar-refractivity contribution is 6.15. The summed E-state index contributed by atoms with van der Waals surface area (Å²) in [5.41, 5.74) is 4.96. The lowest BCUT2D eigenvalue weighted by atomic mass is 9.98. The molecule has 0 atom stereocenters. The number of pyridine rings is 1. The fourth-order valence-corrected chi connectivity index (χ4v) is 2.86. The summed E-state index contributed by atoms with van der Waals surface area (Å²) in [5, 5.41) is 2.64. The van der Waals surface area contributed by atoms with Crippen molar-refractivity contribution in [3.8, 4) is 0 Å². The zero-order chi connectivity index (χ0) is 19.9. The number of alkyl halides is 5. The third-order valence-corrected chi connectivity index (χ3v) is 3.97. The maximum Gasteiger partial charge on any atom is 0.433 e. The van der Waals surface area contributed by atoms with Gasteiger partial charge in [0.25, 0.3) is 0 Å². The van der Waals surface area contributed by atoms with E-state index in [-0.39, 0.29) is 23.6 Å². The Balaban J connectivity index is 2.20. The molecule has 0 spiro atoms. The lowest BCUT2D eigenvalue weighted by Gasteiger charge is -2.14. The molecule has 142 valence electrons. The maximum atomic E-state index is 13.0. The summed E-state index contributed by atoms with van der Waals surface area (Å²) in [4.78, 5) is 18.1. The Morgan fingerprint density at radius 3 is 2.63 bits per heavy atom. The quantitative estimate of drug-likeness (QED) is 0.483. The van der Waals surface area contributed by atoms with E-state index in [4.69, 9.17) is 5.73 Å². The molecule has 3 N–H and O–H groups in total. The van der Waals surface area contributed by atoms with Crippen molar-refractivity contribution in [1.82, 2.24) is 4.98 Å². The van der Waals surface area contributed by atoms with Crippen molar-refractivity contribution in [2.45, 2.75) is 26.1 Å². The number of nitrogens with zero attached hydrogens (tertiary/aromatic N) is 2. The largest absolute Gasteiger partial charge is 0.433 e. The van der Waals surface area contributed by atoms with E-state index in [2.05, 4.69) is 15.3 Å². The van der Waals surface area contributed by atoms with Crippen LogP contribution in [-0.4, -0.2) is 23.2 Å². The third kappa shape index (κ3) is 3.74. The first kappa shape index (κ1) is 18.7. The standard InChI is InChI=1S/C17H13F5N4O/c1-7-4-8(5-9-6-12(27)25-13(7)9)14(26-16(18)19)15-10(23)2-3-11(24-15)17(20,21)22/h2-5,16H,6,23H2,1H3,(H,25,27). The first-order valence-corrected chi connectivity index (χ1v) is 7.70. The lowest BCUT2D eigenvalue weighted by Crippen LogP contribution is -2.16. The van der Waals surface area contributed by atoms with Crippen molar-refractivity contribution >= 4 is 23.0 Å². The molecule has 10 heteroatoms. The number of nitrogens with one attached hydrogen (secondary N) is 1. The summed E-state index contributed by atoms with van der Waals surface area (Å²) in [6.45, 7) is -1.55. The maximum absolute atomic E-state index is 13.0. The summed E-state index contributed by atoms with van der Waals surface area (Å²) in [7, 11) is 0. The summed E-state index contributed by atoms with van der Waals surface area (Å²) in [6.07, 6.45) is -4.75. The molecule has 5 nitrogen and oxygen atoms in total.